The largest absolute Gasteiger partial charge is 0.493 e. The van der Waals surface area contributed by atoms with Crippen LogP contribution < -0.4 is 15.2 Å². The summed E-state index contributed by atoms with van der Waals surface area (Å²) in [6, 6.07) is 5.03. The second kappa shape index (κ2) is 7.47. The van der Waals surface area contributed by atoms with E-state index < -0.39 is 0 Å². The molecule has 1 aromatic rings. The van der Waals surface area contributed by atoms with Crippen molar-refractivity contribution in [3.8, 4) is 11.5 Å². The van der Waals surface area contributed by atoms with Gasteiger partial charge in [-0.3, -0.25) is 4.90 Å². The lowest BCUT2D eigenvalue weighted by molar-refractivity contribution is 0.176. The van der Waals surface area contributed by atoms with Gasteiger partial charge in [-0.1, -0.05) is 15.9 Å². The molecule has 0 atom stereocenters. The summed E-state index contributed by atoms with van der Waals surface area (Å²) in [5, 5.41) is 0. The van der Waals surface area contributed by atoms with E-state index in [1.165, 1.54) is 18.4 Å². The third kappa shape index (κ3) is 4.11. The number of hydrogen-bond acceptors (Lipinski definition) is 4. The van der Waals surface area contributed by atoms with Gasteiger partial charge in [-0.25, -0.2) is 0 Å². The van der Waals surface area contributed by atoms with Gasteiger partial charge >= 0.3 is 0 Å². The Morgan fingerprint density at radius 3 is 2.29 bits per heavy atom. The smallest absolute Gasteiger partial charge is 0.161 e. The molecule has 0 spiro atoms. The topological polar surface area (TPSA) is 47.7 Å². The predicted molar refractivity (Wildman–Crippen MR) is 88.9 cm³/mol. The van der Waals surface area contributed by atoms with E-state index in [1.807, 2.05) is 12.1 Å². The third-order valence-electron chi connectivity index (χ3n) is 4.34. The zero-order valence-corrected chi connectivity index (χ0v) is 14.6. The van der Waals surface area contributed by atoms with Crippen molar-refractivity contribution in [2.45, 2.75) is 44.3 Å². The van der Waals surface area contributed by atoms with Crippen molar-refractivity contribution < 1.29 is 9.47 Å². The fraction of sp³-hybridized carbons (Fsp3) is 0.625. The lowest BCUT2D eigenvalue weighted by Crippen LogP contribution is -2.38. The first-order valence-electron chi connectivity index (χ1n) is 7.41. The molecule has 4 nitrogen and oxygen atoms in total. The summed E-state index contributed by atoms with van der Waals surface area (Å²) in [6.07, 6.45) is 4.62. The molecule has 0 aromatic heterocycles. The van der Waals surface area contributed by atoms with Gasteiger partial charge in [-0.05, 0) is 50.4 Å². The number of methoxy groups -OCH3 is 2. The molecular weight excluding hydrogens is 332 g/mol. The van der Waals surface area contributed by atoms with Gasteiger partial charge in [0.2, 0.25) is 0 Å². The lowest BCUT2D eigenvalue weighted by atomic mass is 9.91. The molecule has 1 fully saturated rings. The van der Waals surface area contributed by atoms with E-state index in [0.29, 0.717) is 12.1 Å². The molecule has 1 aromatic carbocycles. The predicted octanol–water partition coefficient (Wildman–Crippen LogP) is 3.17. The summed E-state index contributed by atoms with van der Waals surface area (Å²) >= 11 is 3.63. The molecule has 2 rings (SSSR count). The number of halogens is 1. The SMILES string of the molecule is COc1cc(Br)c(CN(C)C2CCC(N)CC2)cc1OC. The highest BCUT2D eigenvalue weighted by Gasteiger charge is 2.22. The van der Waals surface area contributed by atoms with Gasteiger partial charge in [0, 0.05) is 23.1 Å². The van der Waals surface area contributed by atoms with Crippen molar-refractivity contribution in [1.29, 1.82) is 0 Å². The third-order valence-corrected chi connectivity index (χ3v) is 5.08. The second-order valence-electron chi connectivity index (χ2n) is 5.78. The monoisotopic (exact) mass is 356 g/mol. The van der Waals surface area contributed by atoms with Gasteiger partial charge in [0.15, 0.2) is 11.5 Å². The van der Waals surface area contributed by atoms with Crippen LogP contribution in [0.1, 0.15) is 31.2 Å². The van der Waals surface area contributed by atoms with Crippen LogP contribution in [0.2, 0.25) is 0 Å². The quantitative estimate of drug-likeness (QED) is 0.879. The minimum atomic E-state index is 0.391. The molecule has 1 saturated carbocycles. The molecule has 1 aliphatic rings. The van der Waals surface area contributed by atoms with Crippen LogP contribution >= 0.6 is 15.9 Å². The average molecular weight is 357 g/mol. The molecule has 0 bridgehead atoms. The Labute approximate surface area is 135 Å². The zero-order valence-electron chi connectivity index (χ0n) is 13.1. The van der Waals surface area contributed by atoms with Crippen LogP contribution in [-0.4, -0.2) is 38.3 Å². The molecule has 0 unspecified atom stereocenters. The Hall–Kier alpha value is -0.780. The standard InChI is InChI=1S/C16H25BrN2O2/c1-19(13-6-4-12(18)5-7-13)10-11-8-15(20-2)16(21-3)9-14(11)17/h8-9,12-13H,4-7,10,18H2,1-3H3. The first-order chi connectivity index (χ1) is 10.0. The summed E-state index contributed by atoms with van der Waals surface area (Å²) < 4.78 is 11.8. The fourth-order valence-electron chi connectivity index (χ4n) is 2.96. The number of nitrogens with zero attached hydrogens (tertiary/aromatic N) is 1. The van der Waals surface area contributed by atoms with E-state index in [0.717, 1.165) is 35.4 Å². The van der Waals surface area contributed by atoms with Crippen LogP contribution in [0.4, 0.5) is 0 Å². The van der Waals surface area contributed by atoms with E-state index in [4.69, 9.17) is 15.2 Å². The van der Waals surface area contributed by atoms with Crippen LogP contribution in [0, 0.1) is 0 Å². The Bertz CT molecular complexity index is 474. The van der Waals surface area contributed by atoms with Crippen molar-refractivity contribution in [2.24, 2.45) is 5.73 Å². The first-order valence-corrected chi connectivity index (χ1v) is 8.20. The van der Waals surface area contributed by atoms with E-state index in [1.54, 1.807) is 14.2 Å². The van der Waals surface area contributed by atoms with Crippen LogP contribution in [-0.2, 0) is 6.54 Å². The number of benzene rings is 1. The lowest BCUT2D eigenvalue weighted by Gasteiger charge is -2.33. The summed E-state index contributed by atoms with van der Waals surface area (Å²) in [6.45, 7) is 0.890. The van der Waals surface area contributed by atoms with Gasteiger partial charge in [0.1, 0.15) is 0 Å². The number of rotatable bonds is 5. The Morgan fingerprint density at radius 2 is 1.71 bits per heavy atom. The molecular formula is C16H25BrN2O2. The highest BCUT2D eigenvalue weighted by molar-refractivity contribution is 9.10. The Balaban J connectivity index is 2.08. The molecule has 0 radical (unpaired) electrons. The summed E-state index contributed by atoms with van der Waals surface area (Å²) in [4.78, 5) is 2.41. The van der Waals surface area contributed by atoms with E-state index >= 15 is 0 Å². The summed E-state index contributed by atoms with van der Waals surface area (Å²) in [5.41, 5.74) is 7.20. The first kappa shape index (κ1) is 16.6. The maximum Gasteiger partial charge on any atom is 0.161 e. The van der Waals surface area contributed by atoms with E-state index in [-0.39, 0.29) is 0 Å². The summed E-state index contributed by atoms with van der Waals surface area (Å²) in [5.74, 6) is 1.52. The zero-order chi connectivity index (χ0) is 15.4. The molecule has 0 saturated heterocycles. The van der Waals surface area contributed by atoms with Crippen molar-refractivity contribution >= 4 is 15.9 Å². The highest BCUT2D eigenvalue weighted by Crippen LogP contribution is 2.34. The van der Waals surface area contributed by atoms with Crippen molar-refractivity contribution in [3.63, 3.8) is 0 Å². The van der Waals surface area contributed by atoms with Crippen LogP contribution in [0.5, 0.6) is 11.5 Å². The minimum absolute atomic E-state index is 0.391. The van der Waals surface area contributed by atoms with Gasteiger partial charge in [-0.15, -0.1) is 0 Å². The fourth-order valence-corrected chi connectivity index (χ4v) is 3.41. The normalized spacial score (nSPS) is 22.4. The number of ether oxygens (including phenoxy) is 2. The van der Waals surface area contributed by atoms with Gasteiger partial charge < -0.3 is 15.2 Å². The van der Waals surface area contributed by atoms with Crippen molar-refractivity contribution in [3.05, 3.63) is 22.2 Å². The van der Waals surface area contributed by atoms with Crippen LogP contribution in [0.15, 0.2) is 16.6 Å². The molecule has 0 amide bonds. The van der Waals surface area contributed by atoms with Gasteiger partial charge in [-0.2, -0.15) is 0 Å². The maximum atomic E-state index is 5.99. The highest BCUT2D eigenvalue weighted by atomic mass is 79.9. The minimum Gasteiger partial charge on any atom is -0.493 e. The van der Waals surface area contributed by atoms with Gasteiger partial charge in [0.05, 0.1) is 14.2 Å². The molecule has 2 N–H and O–H groups in total. The van der Waals surface area contributed by atoms with Gasteiger partial charge in [0.25, 0.3) is 0 Å². The van der Waals surface area contributed by atoms with Crippen molar-refractivity contribution in [1.82, 2.24) is 4.90 Å². The maximum absolute atomic E-state index is 5.99. The number of hydrogen-bond donors (Lipinski definition) is 1. The Morgan fingerprint density at radius 1 is 1.14 bits per heavy atom. The number of nitrogens with two attached hydrogens (primary N) is 1. The summed E-state index contributed by atoms with van der Waals surface area (Å²) in [7, 11) is 5.51. The molecule has 5 heteroatoms. The van der Waals surface area contributed by atoms with Crippen molar-refractivity contribution in [2.75, 3.05) is 21.3 Å². The van der Waals surface area contributed by atoms with Crippen LogP contribution in [0.25, 0.3) is 0 Å². The van der Waals surface area contributed by atoms with E-state index in [9.17, 15) is 0 Å². The molecule has 118 valence electrons. The molecule has 21 heavy (non-hydrogen) atoms. The van der Waals surface area contributed by atoms with Crippen LogP contribution in [0.3, 0.4) is 0 Å². The molecule has 0 heterocycles. The van der Waals surface area contributed by atoms with E-state index in [2.05, 4.69) is 27.9 Å². The second-order valence-corrected chi connectivity index (χ2v) is 6.64. The Kier molecular flexibility index (Phi) is 5.90. The molecule has 1 aliphatic carbocycles. The average Bonchev–Trinajstić information content (AvgIpc) is 2.49. The molecule has 0 aliphatic heterocycles.